The van der Waals surface area contributed by atoms with Gasteiger partial charge in [0, 0.05) is 18.2 Å². The van der Waals surface area contributed by atoms with Crippen LogP contribution < -0.4 is 10.6 Å². The smallest absolute Gasteiger partial charge is 0.291 e. The summed E-state index contributed by atoms with van der Waals surface area (Å²) >= 11 is 0. The second-order valence-corrected chi connectivity index (χ2v) is 5.31. The number of benzene rings is 1. The fourth-order valence-corrected chi connectivity index (χ4v) is 1.89. The van der Waals surface area contributed by atoms with Crippen LogP contribution in [0.4, 0.5) is 11.4 Å². The monoisotopic (exact) mass is 302 g/mol. The number of carbonyl (C=O) groups excluding carboxylic acids is 2. The largest absolute Gasteiger partial charge is 0.506 e. The number of amides is 2. The first kappa shape index (κ1) is 15.6. The predicted octanol–water partition coefficient (Wildman–Crippen LogP) is 3.22. The predicted molar refractivity (Wildman–Crippen MR) is 82.9 cm³/mol. The van der Waals surface area contributed by atoms with E-state index >= 15 is 0 Å². The molecule has 2 rings (SSSR count). The molecule has 1 aromatic heterocycles. The van der Waals surface area contributed by atoms with Crippen molar-refractivity contribution < 1.29 is 19.1 Å². The molecule has 0 unspecified atom stereocenters. The first-order chi connectivity index (χ1) is 10.5. The fourth-order valence-electron chi connectivity index (χ4n) is 1.89. The zero-order valence-electron chi connectivity index (χ0n) is 12.4. The molecule has 0 atom stereocenters. The lowest BCUT2D eigenvalue weighted by molar-refractivity contribution is -0.116. The molecule has 0 fully saturated rings. The third kappa shape index (κ3) is 4.12. The minimum absolute atomic E-state index is 0.116. The summed E-state index contributed by atoms with van der Waals surface area (Å²) in [6.07, 6.45) is 1.77. The van der Waals surface area contributed by atoms with Crippen molar-refractivity contribution in [3.8, 4) is 5.75 Å². The first-order valence-electron chi connectivity index (χ1n) is 6.93. The second-order valence-electron chi connectivity index (χ2n) is 5.31. The Hall–Kier alpha value is -2.76. The number of aromatic hydroxyl groups is 1. The van der Waals surface area contributed by atoms with Crippen molar-refractivity contribution in [1.29, 1.82) is 0 Å². The van der Waals surface area contributed by atoms with Gasteiger partial charge in [0.2, 0.25) is 5.91 Å². The van der Waals surface area contributed by atoms with Gasteiger partial charge in [-0.15, -0.1) is 0 Å². The molecule has 22 heavy (non-hydrogen) atoms. The Morgan fingerprint density at radius 1 is 1.23 bits per heavy atom. The zero-order valence-corrected chi connectivity index (χ0v) is 12.4. The molecule has 6 heteroatoms. The van der Waals surface area contributed by atoms with Crippen molar-refractivity contribution in [2.75, 3.05) is 10.6 Å². The highest BCUT2D eigenvalue weighted by atomic mass is 16.3. The highest BCUT2D eigenvalue weighted by molar-refractivity contribution is 6.02. The van der Waals surface area contributed by atoms with Gasteiger partial charge in [0.15, 0.2) is 5.76 Å². The van der Waals surface area contributed by atoms with Gasteiger partial charge in [-0.1, -0.05) is 13.8 Å². The van der Waals surface area contributed by atoms with Gasteiger partial charge in [0.25, 0.3) is 5.91 Å². The summed E-state index contributed by atoms with van der Waals surface area (Å²) in [5.41, 5.74) is 0.711. The first-order valence-corrected chi connectivity index (χ1v) is 6.93. The Labute approximate surface area is 128 Å². The number of hydrogen-bond donors (Lipinski definition) is 3. The molecule has 2 amide bonds. The molecule has 0 spiro atoms. The van der Waals surface area contributed by atoms with Crippen molar-refractivity contribution in [2.45, 2.75) is 20.3 Å². The van der Waals surface area contributed by atoms with Crippen LogP contribution in [0.5, 0.6) is 5.75 Å². The Morgan fingerprint density at radius 3 is 2.59 bits per heavy atom. The van der Waals surface area contributed by atoms with Crippen LogP contribution in [0.1, 0.15) is 30.8 Å². The Balaban J connectivity index is 2.03. The summed E-state index contributed by atoms with van der Waals surface area (Å²) in [6.45, 7) is 3.87. The van der Waals surface area contributed by atoms with Gasteiger partial charge in [0.1, 0.15) is 5.75 Å². The minimum Gasteiger partial charge on any atom is -0.506 e. The summed E-state index contributed by atoms with van der Waals surface area (Å²) in [6, 6.07) is 7.64. The topological polar surface area (TPSA) is 91.6 Å². The van der Waals surface area contributed by atoms with Crippen LogP contribution in [-0.4, -0.2) is 16.9 Å². The van der Waals surface area contributed by atoms with Crippen molar-refractivity contribution >= 4 is 23.2 Å². The molecule has 0 saturated heterocycles. The molecule has 0 saturated carbocycles. The van der Waals surface area contributed by atoms with Crippen LogP contribution in [0.25, 0.3) is 0 Å². The van der Waals surface area contributed by atoms with E-state index in [9.17, 15) is 14.7 Å². The average Bonchev–Trinajstić information content (AvgIpc) is 2.95. The molecule has 0 bridgehead atoms. The molecule has 0 radical (unpaired) electrons. The summed E-state index contributed by atoms with van der Waals surface area (Å²) in [5.74, 6) is -0.296. The summed E-state index contributed by atoms with van der Waals surface area (Å²) in [4.78, 5) is 23.5. The highest BCUT2D eigenvalue weighted by Crippen LogP contribution is 2.27. The average molecular weight is 302 g/mol. The number of furan rings is 1. The molecule has 116 valence electrons. The molecule has 6 nitrogen and oxygen atoms in total. The molecule has 3 N–H and O–H groups in total. The maximum absolute atomic E-state index is 11.8. The summed E-state index contributed by atoms with van der Waals surface area (Å²) in [7, 11) is 0. The van der Waals surface area contributed by atoms with Crippen LogP contribution in [0.3, 0.4) is 0 Å². The van der Waals surface area contributed by atoms with Crippen LogP contribution in [0, 0.1) is 5.92 Å². The van der Waals surface area contributed by atoms with E-state index in [4.69, 9.17) is 4.42 Å². The number of hydrogen-bond acceptors (Lipinski definition) is 4. The van der Waals surface area contributed by atoms with Crippen LogP contribution >= 0.6 is 0 Å². The number of carbonyl (C=O) groups is 2. The SMILES string of the molecule is CC(C)CC(=O)Nc1ccc(NC(=O)c2ccco2)cc1O. The molecular weight excluding hydrogens is 284 g/mol. The Bertz CT molecular complexity index is 663. The third-order valence-electron chi connectivity index (χ3n) is 2.87. The van der Waals surface area contributed by atoms with E-state index < -0.39 is 5.91 Å². The lowest BCUT2D eigenvalue weighted by Crippen LogP contribution is -2.14. The molecule has 0 aliphatic heterocycles. The van der Waals surface area contributed by atoms with Gasteiger partial charge in [-0.25, -0.2) is 0 Å². The van der Waals surface area contributed by atoms with Crippen molar-refractivity contribution in [1.82, 2.24) is 0 Å². The van der Waals surface area contributed by atoms with Crippen molar-refractivity contribution in [3.63, 3.8) is 0 Å². The normalized spacial score (nSPS) is 10.5. The van der Waals surface area contributed by atoms with Gasteiger partial charge in [-0.2, -0.15) is 0 Å². The highest BCUT2D eigenvalue weighted by Gasteiger charge is 2.12. The van der Waals surface area contributed by atoms with Gasteiger partial charge in [-0.3, -0.25) is 9.59 Å². The maximum Gasteiger partial charge on any atom is 0.291 e. The van der Waals surface area contributed by atoms with E-state index in [1.807, 2.05) is 13.8 Å². The van der Waals surface area contributed by atoms with Crippen LogP contribution in [0.15, 0.2) is 41.0 Å². The van der Waals surface area contributed by atoms with E-state index in [1.54, 1.807) is 12.1 Å². The fraction of sp³-hybridized carbons (Fsp3) is 0.250. The van der Waals surface area contributed by atoms with Gasteiger partial charge < -0.3 is 20.2 Å². The molecular formula is C16H18N2O4. The van der Waals surface area contributed by atoms with E-state index in [0.717, 1.165) is 0 Å². The summed E-state index contributed by atoms with van der Waals surface area (Å²) < 4.78 is 4.98. The van der Waals surface area contributed by atoms with Crippen molar-refractivity contribution in [3.05, 3.63) is 42.4 Å². The molecule has 1 heterocycles. The van der Waals surface area contributed by atoms with Crippen LogP contribution in [0.2, 0.25) is 0 Å². The Morgan fingerprint density at radius 2 is 2.00 bits per heavy atom. The third-order valence-corrected chi connectivity index (χ3v) is 2.87. The molecule has 1 aromatic carbocycles. The number of phenols is 1. The standard InChI is InChI=1S/C16H18N2O4/c1-10(2)8-15(20)18-12-6-5-11(9-13(12)19)17-16(21)14-4-3-7-22-14/h3-7,9-10,19H,8H2,1-2H3,(H,17,21)(H,18,20). The van der Waals surface area contributed by atoms with Crippen LogP contribution in [-0.2, 0) is 4.79 Å². The molecule has 0 aliphatic carbocycles. The lowest BCUT2D eigenvalue weighted by atomic mass is 10.1. The lowest BCUT2D eigenvalue weighted by Gasteiger charge is -2.10. The van der Waals surface area contributed by atoms with E-state index in [1.165, 1.54) is 24.5 Å². The van der Waals surface area contributed by atoms with E-state index in [0.29, 0.717) is 17.8 Å². The second kappa shape index (κ2) is 6.80. The van der Waals surface area contributed by atoms with E-state index in [2.05, 4.69) is 10.6 Å². The van der Waals surface area contributed by atoms with Gasteiger partial charge in [-0.05, 0) is 30.2 Å². The quantitative estimate of drug-likeness (QED) is 0.739. The van der Waals surface area contributed by atoms with Crippen molar-refractivity contribution in [2.24, 2.45) is 5.92 Å². The number of anilines is 2. The maximum atomic E-state index is 11.8. The number of nitrogens with one attached hydrogen (secondary N) is 2. The van der Waals surface area contributed by atoms with Gasteiger partial charge >= 0.3 is 0 Å². The zero-order chi connectivity index (χ0) is 16.1. The molecule has 2 aromatic rings. The minimum atomic E-state index is -0.416. The Kier molecular flexibility index (Phi) is 4.83. The van der Waals surface area contributed by atoms with Gasteiger partial charge in [0.05, 0.1) is 12.0 Å². The number of phenolic OH excluding ortho intramolecular Hbond substituents is 1. The molecule has 0 aliphatic rings. The summed E-state index contributed by atoms with van der Waals surface area (Å²) in [5, 5.41) is 15.2. The number of rotatable bonds is 5. The van der Waals surface area contributed by atoms with E-state index in [-0.39, 0.29) is 23.3 Å².